The molecule has 1 aromatic carbocycles. The maximum Gasteiger partial charge on any atom is 0.211 e. The number of halogens is 1. The molecule has 5 heteroatoms. The van der Waals surface area contributed by atoms with Crippen LogP contribution in [-0.2, 0) is 17.6 Å². The Morgan fingerprint density at radius 1 is 1.44 bits per heavy atom. The molecular weight excluding hydrogens is 228 g/mol. The number of nitrogens with one attached hydrogen (secondary N) is 1. The van der Waals surface area contributed by atoms with Gasteiger partial charge in [-0.1, -0.05) is 0 Å². The highest BCUT2D eigenvalue weighted by Crippen LogP contribution is 2.31. The van der Waals surface area contributed by atoms with Crippen LogP contribution in [0.25, 0.3) is 0 Å². The number of amides is 1. The molecule has 1 atom stereocenters. The van der Waals surface area contributed by atoms with Gasteiger partial charge in [0.15, 0.2) is 0 Å². The summed E-state index contributed by atoms with van der Waals surface area (Å²) < 4.78 is 0. The highest BCUT2D eigenvalue weighted by molar-refractivity contribution is 5.85. The molecule has 1 unspecified atom stereocenters. The number of hydrogen-bond acceptors (Lipinski definition) is 3. The summed E-state index contributed by atoms with van der Waals surface area (Å²) in [5, 5.41) is 12.1. The minimum absolute atomic E-state index is 0. The van der Waals surface area contributed by atoms with Gasteiger partial charge in [0.25, 0.3) is 0 Å². The Balaban J connectivity index is 0.00000128. The van der Waals surface area contributed by atoms with E-state index in [-0.39, 0.29) is 24.2 Å². The quantitative estimate of drug-likeness (QED) is 0.539. The molecule has 0 bridgehead atoms. The SMILES string of the molecule is Cl.NC1CCc2cc(O)c(NC=O)cc2C1. The van der Waals surface area contributed by atoms with Gasteiger partial charge < -0.3 is 16.2 Å². The number of phenols is 1. The Hall–Kier alpha value is -1.26. The Labute approximate surface area is 100 Å². The summed E-state index contributed by atoms with van der Waals surface area (Å²) in [7, 11) is 0. The van der Waals surface area contributed by atoms with Crippen molar-refractivity contribution in [3.8, 4) is 5.75 Å². The molecule has 0 spiro atoms. The number of rotatable bonds is 2. The maximum absolute atomic E-state index is 10.3. The number of carbonyl (C=O) groups excluding carboxylic acids is 1. The van der Waals surface area contributed by atoms with Crippen LogP contribution in [0.1, 0.15) is 17.5 Å². The van der Waals surface area contributed by atoms with Crippen molar-refractivity contribution in [3.05, 3.63) is 23.3 Å². The molecular formula is C11H15ClN2O2. The van der Waals surface area contributed by atoms with Crippen molar-refractivity contribution in [1.29, 1.82) is 0 Å². The number of anilines is 1. The smallest absolute Gasteiger partial charge is 0.211 e. The lowest BCUT2D eigenvalue weighted by molar-refractivity contribution is -0.105. The summed E-state index contributed by atoms with van der Waals surface area (Å²) >= 11 is 0. The first-order chi connectivity index (χ1) is 7.20. The lowest BCUT2D eigenvalue weighted by atomic mass is 9.88. The lowest BCUT2D eigenvalue weighted by Crippen LogP contribution is -2.27. The van der Waals surface area contributed by atoms with E-state index in [9.17, 15) is 9.90 Å². The third-order valence-electron chi connectivity index (χ3n) is 2.80. The first kappa shape index (κ1) is 12.8. The molecule has 4 N–H and O–H groups in total. The number of phenolic OH excluding ortho intramolecular Hbond substituents is 1. The van der Waals surface area contributed by atoms with Crippen LogP contribution in [0.2, 0.25) is 0 Å². The van der Waals surface area contributed by atoms with Crippen LogP contribution in [0.15, 0.2) is 12.1 Å². The molecule has 0 saturated carbocycles. The van der Waals surface area contributed by atoms with Gasteiger partial charge in [0.2, 0.25) is 6.41 Å². The van der Waals surface area contributed by atoms with Gasteiger partial charge in [-0.05, 0) is 42.5 Å². The Kier molecular flexibility index (Phi) is 4.15. The van der Waals surface area contributed by atoms with E-state index in [0.717, 1.165) is 30.4 Å². The zero-order chi connectivity index (χ0) is 10.8. The number of benzene rings is 1. The van der Waals surface area contributed by atoms with Crippen molar-refractivity contribution in [2.45, 2.75) is 25.3 Å². The van der Waals surface area contributed by atoms with Crippen molar-refractivity contribution < 1.29 is 9.90 Å². The fourth-order valence-electron chi connectivity index (χ4n) is 2.00. The van der Waals surface area contributed by atoms with E-state index in [4.69, 9.17) is 5.73 Å². The molecule has 88 valence electrons. The van der Waals surface area contributed by atoms with E-state index in [0.29, 0.717) is 12.1 Å². The van der Waals surface area contributed by atoms with Gasteiger partial charge in [-0.15, -0.1) is 12.4 Å². The summed E-state index contributed by atoms with van der Waals surface area (Å²) in [6.45, 7) is 0. The minimum atomic E-state index is 0. The predicted molar refractivity (Wildman–Crippen MR) is 65.0 cm³/mol. The van der Waals surface area contributed by atoms with Crippen molar-refractivity contribution in [1.82, 2.24) is 0 Å². The molecule has 1 aromatic rings. The van der Waals surface area contributed by atoms with E-state index < -0.39 is 0 Å². The molecule has 2 rings (SSSR count). The Bertz CT molecular complexity index is 396. The van der Waals surface area contributed by atoms with E-state index in [1.165, 1.54) is 0 Å². The normalized spacial score (nSPS) is 18.2. The first-order valence-electron chi connectivity index (χ1n) is 5.01. The van der Waals surface area contributed by atoms with Crippen molar-refractivity contribution in [2.75, 3.05) is 5.32 Å². The van der Waals surface area contributed by atoms with Crippen molar-refractivity contribution in [3.63, 3.8) is 0 Å². The molecule has 0 saturated heterocycles. The fourth-order valence-corrected chi connectivity index (χ4v) is 2.00. The maximum atomic E-state index is 10.3. The zero-order valence-corrected chi connectivity index (χ0v) is 9.59. The van der Waals surface area contributed by atoms with Crippen LogP contribution in [0.4, 0.5) is 5.69 Å². The van der Waals surface area contributed by atoms with Gasteiger partial charge in [-0.2, -0.15) is 0 Å². The second kappa shape index (κ2) is 5.18. The number of aromatic hydroxyl groups is 1. The number of aryl methyl sites for hydroxylation is 1. The number of hydrogen-bond donors (Lipinski definition) is 3. The standard InChI is InChI=1S/C11H14N2O2.ClH/c12-9-2-1-7-5-11(15)10(13-6-14)4-8(7)3-9;/h4-6,9,15H,1-3,12H2,(H,13,14);1H. The van der Waals surface area contributed by atoms with Crippen LogP contribution in [0.3, 0.4) is 0 Å². The Morgan fingerprint density at radius 3 is 2.88 bits per heavy atom. The van der Waals surface area contributed by atoms with Gasteiger partial charge in [0, 0.05) is 6.04 Å². The average molecular weight is 243 g/mol. The van der Waals surface area contributed by atoms with Crippen LogP contribution < -0.4 is 11.1 Å². The second-order valence-corrected chi connectivity index (χ2v) is 3.90. The first-order valence-corrected chi connectivity index (χ1v) is 5.01. The monoisotopic (exact) mass is 242 g/mol. The third-order valence-corrected chi connectivity index (χ3v) is 2.80. The lowest BCUT2D eigenvalue weighted by Gasteiger charge is -2.22. The molecule has 0 fully saturated rings. The van der Waals surface area contributed by atoms with Crippen molar-refractivity contribution >= 4 is 24.5 Å². The van der Waals surface area contributed by atoms with Gasteiger partial charge >= 0.3 is 0 Å². The molecule has 1 amide bonds. The van der Waals surface area contributed by atoms with E-state index >= 15 is 0 Å². The summed E-state index contributed by atoms with van der Waals surface area (Å²) in [6.07, 6.45) is 3.21. The molecule has 16 heavy (non-hydrogen) atoms. The molecule has 1 aliphatic rings. The zero-order valence-electron chi connectivity index (χ0n) is 8.77. The summed E-state index contributed by atoms with van der Waals surface area (Å²) in [5.41, 5.74) is 8.57. The predicted octanol–water partition coefficient (Wildman–Crippen LogP) is 1.20. The van der Waals surface area contributed by atoms with Crippen LogP contribution in [-0.4, -0.2) is 17.6 Å². The molecule has 0 radical (unpaired) electrons. The summed E-state index contributed by atoms with van der Waals surface area (Å²) in [4.78, 5) is 10.3. The van der Waals surface area contributed by atoms with Gasteiger partial charge in [0.05, 0.1) is 5.69 Å². The summed E-state index contributed by atoms with van der Waals surface area (Å²) in [5.74, 6) is 0.122. The van der Waals surface area contributed by atoms with Gasteiger partial charge in [-0.25, -0.2) is 0 Å². The molecule has 0 heterocycles. The topological polar surface area (TPSA) is 75.3 Å². The summed E-state index contributed by atoms with van der Waals surface area (Å²) in [6, 6.07) is 3.71. The number of carbonyl (C=O) groups is 1. The average Bonchev–Trinajstić information content (AvgIpc) is 2.20. The van der Waals surface area contributed by atoms with E-state index in [1.807, 2.05) is 0 Å². The van der Waals surface area contributed by atoms with Crippen LogP contribution in [0.5, 0.6) is 5.75 Å². The fraction of sp³-hybridized carbons (Fsp3) is 0.364. The van der Waals surface area contributed by atoms with Crippen molar-refractivity contribution in [2.24, 2.45) is 5.73 Å². The van der Waals surface area contributed by atoms with Gasteiger partial charge in [-0.3, -0.25) is 4.79 Å². The second-order valence-electron chi connectivity index (χ2n) is 3.90. The number of nitrogens with two attached hydrogens (primary N) is 1. The molecule has 0 aromatic heterocycles. The molecule has 4 nitrogen and oxygen atoms in total. The van der Waals surface area contributed by atoms with Crippen LogP contribution in [0, 0.1) is 0 Å². The van der Waals surface area contributed by atoms with Crippen LogP contribution >= 0.6 is 12.4 Å². The highest BCUT2D eigenvalue weighted by atomic mass is 35.5. The minimum Gasteiger partial charge on any atom is -0.506 e. The highest BCUT2D eigenvalue weighted by Gasteiger charge is 2.17. The molecule has 1 aliphatic carbocycles. The van der Waals surface area contributed by atoms with E-state index in [2.05, 4.69) is 5.32 Å². The number of fused-ring (bicyclic) bond motifs is 1. The van der Waals surface area contributed by atoms with E-state index in [1.54, 1.807) is 12.1 Å². The third kappa shape index (κ3) is 2.46. The Morgan fingerprint density at radius 2 is 2.19 bits per heavy atom. The van der Waals surface area contributed by atoms with Gasteiger partial charge in [0.1, 0.15) is 5.75 Å². The largest absolute Gasteiger partial charge is 0.506 e. The molecule has 0 aliphatic heterocycles.